The molecule has 0 unspecified atom stereocenters. The summed E-state index contributed by atoms with van der Waals surface area (Å²) in [6.45, 7) is 0.365. The van der Waals surface area contributed by atoms with Crippen molar-refractivity contribution in [1.82, 2.24) is 0 Å². The van der Waals surface area contributed by atoms with Crippen LogP contribution in [0.2, 0.25) is 0 Å². The van der Waals surface area contributed by atoms with Gasteiger partial charge >= 0.3 is 5.97 Å². The Morgan fingerprint density at radius 1 is 1.20 bits per heavy atom. The van der Waals surface area contributed by atoms with Crippen molar-refractivity contribution < 1.29 is 23.8 Å². The Labute approximate surface area is 115 Å². The second-order valence-corrected chi connectivity index (χ2v) is 4.06. The van der Waals surface area contributed by atoms with Crippen LogP contribution < -0.4 is 14.8 Å². The van der Waals surface area contributed by atoms with Gasteiger partial charge in [0.1, 0.15) is 23.5 Å². The number of benzene rings is 1. The van der Waals surface area contributed by atoms with Crippen LogP contribution in [-0.2, 0) is 6.54 Å². The van der Waals surface area contributed by atoms with Gasteiger partial charge in [-0.15, -0.1) is 0 Å². The first-order valence-electron chi connectivity index (χ1n) is 5.90. The number of ether oxygens (including phenoxy) is 2. The van der Waals surface area contributed by atoms with Gasteiger partial charge in [0.05, 0.1) is 26.3 Å². The molecule has 1 aromatic carbocycles. The number of rotatable bonds is 6. The van der Waals surface area contributed by atoms with Gasteiger partial charge in [0.15, 0.2) is 0 Å². The van der Waals surface area contributed by atoms with Crippen molar-refractivity contribution in [3.63, 3.8) is 0 Å². The summed E-state index contributed by atoms with van der Waals surface area (Å²) in [7, 11) is 3.15. The molecule has 106 valence electrons. The molecule has 0 aliphatic rings. The molecule has 0 saturated carbocycles. The minimum Gasteiger partial charge on any atom is -0.497 e. The van der Waals surface area contributed by atoms with Crippen molar-refractivity contribution in [2.24, 2.45) is 0 Å². The van der Waals surface area contributed by atoms with Crippen molar-refractivity contribution in [1.29, 1.82) is 0 Å². The van der Waals surface area contributed by atoms with Crippen molar-refractivity contribution >= 4 is 11.7 Å². The Balaban J connectivity index is 2.07. The molecule has 6 nitrogen and oxygen atoms in total. The Kier molecular flexibility index (Phi) is 4.14. The number of carbonyl (C=O) groups is 1. The maximum Gasteiger partial charge on any atom is 0.338 e. The van der Waals surface area contributed by atoms with Crippen LogP contribution in [0.3, 0.4) is 0 Å². The molecule has 20 heavy (non-hydrogen) atoms. The van der Waals surface area contributed by atoms with Crippen LogP contribution in [-0.4, -0.2) is 25.3 Å². The number of hydrogen-bond acceptors (Lipinski definition) is 5. The van der Waals surface area contributed by atoms with E-state index in [4.69, 9.17) is 19.0 Å². The summed E-state index contributed by atoms with van der Waals surface area (Å²) in [5, 5.41) is 11.9. The zero-order valence-electron chi connectivity index (χ0n) is 11.2. The van der Waals surface area contributed by atoms with Gasteiger partial charge in [0.25, 0.3) is 0 Å². The number of anilines is 1. The Morgan fingerprint density at radius 3 is 2.35 bits per heavy atom. The smallest absolute Gasteiger partial charge is 0.338 e. The number of carboxylic acid groups (broad SMARTS) is 1. The van der Waals surface area contributed by atoms with E-state index in [2.05, 4.69) is 5.32 Å². The van der Waals surface area contributed by atoms with Crippen molar-refractivity contribution in [2.45, 2.75) is 6.54 Å². The molecule has 0 saturated heterocycles. The zero-order valence-corrected chi connectivity index (χ0v) is 11.2. The van der Waals surface area contributed by atoms with E-state index in [9.17, 15) is 4.79 Å². The standard InChI is InChI=1S/C14H15NO5/c1-18-11-4-10(5-12(6-11)19-2)15-7-13-3-9(8-20-13)14(16)17/h3-6,8,15H,7H2,1-2H3,(H,16,17). The lowest BCUT2D eigenvalue weighted by Gasteiger charge is -2.09. The fourth-order valence-corrected chi connectivity index (χ4v) is 1.68. The minimum absolute atomic E-state index is 0.130. The van der Waals surface area contributed by atoms with Gasteiger partial charge in [-0.1, -0.05) is 0 Å². The second-order valence-electron chi connectivity index (χ2n) is 4.06. The lowest BCUT2D eigenvalue weighted by Crippen LogP contribution is -1.99. The maximum absolute atomic E-state index is 10.7. The molecule has 0 amide bonds. The summed E-state index contributed by atoms with van der Waals surface area (Å²) >= 11 is 0. The second kappa shape index (κ2) is 6.01. The van der Waals surface area contributed by atoms with E-state index in [1.54, 1.807) is 20.3 Å². The summed E-state index contributed by atoms with van der Waals surface area (Å²) in [6.07, 6.45) is 1.21. The van der Waals surface area contributed by atoms with E-state index in [0.717, 1.165) is 5.69 Å². The predicted molar refractivity (Wildman–Crippen MR) is 72.5 cm³/mol. The monoisotopic (exact) mass is 277 g/mol. The quantitative estimate of drug-likeness (QED) is 0.844. The van der Waals surface area contributed by atoms with E-state index in [1.165, 1.54) is 12.3 Å². The van der Waals surface area contributed by atoms with Gasteiger partial charge in [0, 0.05) is 23.9 Å². The SMILES string of the molecule is COc1cc(NCc2cc(C(=O)O)co2)cc(OC)c1. The molecule has 0 bridgehead atoms. The first kappa shape index (κ1) is 13.8. The molecule has 6 heteroatoms. The summed E-state index contributed by atoms with van der Waals surface area (Å²) in [5.74, 6) is 0.849. The number of furan rings is 1. The van der Waals surface area contributed by atoms with Gasteiger partial charge < -0.3 is 24.3 Å². The molecule has 0 aliphatic carbocycles. The van der Waals surface area contributed by atoms with Crippen LogP contribution in [0.4, 0.5) is 5.69 Å². The van der Waals surface area contributed by atoms with Crippen LogP contribution in [0.5, 0.6) is 11.5 Å². The highest BCUT2D eigenvalue weighted by atomic mass is 16.5. The summed E-state index contributed by atoms with van der Waals surface area (Å²) < 4.78 is 15.5. The molecule has 2 N–H and O–H groups in total. The van der Waals surface area contributed by atoms with E-state index in [-0.39, 0.29) is 5.56 Å². The lowest BCUT2D eigenvalue weighted by molar-refractivity contribution is 0.0696. The Hall–Kier alpha value is -2.63. The molecule has 0 spiro atoms. The Morgan fingerprint density at radius 2 is 1.85 bits per heavy atom. The molecule has 1 aromatic heterocycles. The normalized spacial score (nSPS) is 10.1. The highest BCUT2D eigenvalue weighted by molar-refractivity contribution is 5.87. The summed E-state index contributed by atoms with van der Waals surface area (Å²) in [5.41, 5.74) is 0.916. The Bertz CT molecular complexity index is 583. The highest BCUT2D eigenvalue weighted by Crippen LogP contribution is 2.26. The van der Waals surface area contributed by atoms with Gasteiger partial charge in [-0.3, -0.25) is 0 Å². The third-order valence-corrected chi connectivity index (χ3v) is 2.72. The van der Waals surface area contributed by atoms with Crippen molar-refractivity contribution in [3.8, 4) is 11.5 Å². The molecular weight excluding hydrogens is 262 g/mol. The zero-order chi connectivity index (χ0) is 14.5. The number of aromatic carboxylic acids is 1. The van der Waals surface area contributed by atoms with Crippen molar-refractivity contribution in [3.05, 3.63) is 41.9 Å². The average Bonchev–Trinajstić information content (AvgIpc) is 2.93. The van der Waals surface area contributed by atoms with Gasteiger partial charge in [-0.25, -0.2) is 4.79 Å². The third-order valence-electron chi connectivity index (χ3n) is 2.72. The summed E-state index contributed by atoms with van der Waals surface area (Å²) in [6, 6.07) is 6.86. The number of nitrogens with one attached hydrogen (secondary N) is 1. The average molecular weight is 277 g/mol. The maximum atomic E-state index is 10.7. The topological polar surface area (TPSA) is 80.9 Å². The molecule has 2 rings (SSSR count). The van der Waals surface area contributed by atoms with Gasteiger partial charge in [-0.2, -0.15) is 0 Å². The van der Waals surface area contributed by atoms with E-state index < -0.39 is 5.97 Å². The minimum atomic E-state index is -1.01. The van der Waals surface area contributed by atoms with Crippen LogP contribution in [0.15, 0.2) is 34.9 Å². The number of carboxylic acids is 1. The first-order chi connectivity index (χ1) is 9.62. The van der Waals surface area contributed by atoms with Crippen molar-refractivity contribution in [2.75, 3.05) is 19.5 Å². The van der Waals surface area contributed by atoms with Gasteiger partial charge in [-0.05, 0) is 6.07 Å². The number of methoxy groups -OCH3 is 2. The van der Waals surface area contributed by atoms with Crippen LogP contribution in [0.1, 0.15) is 16.1 Å². The molecule has 0 fully saturated rings. The predicted octanol–water partition coefficient (Wildman–Crippen LogP) is 2.61. The molecular formula is C14H15NO5. The molecule has 0 aliphatic heterocycles. The fourth-order valence-electron chi connectivity index (χ4n) is 1.68. The number of hydrogen-bond donors (Lipinski definition) is 2. The van der Waals surface area contributed by atoms with Crippen LogP contribution in [0, 0.1) is 0 Å². The van der Waals surface area contributed by atoms with Crippen LogP contribution in [0.25, 0.3) is 0 Å². The first-order valence-corrected chi connectivity index (χ1v) is 5.90. The molecule has 2 aromatic rings. The fraction of sp³-hybridized carbons (Fsp3) is 0.214. The summed E-state index contributed by atoms with van der Waals surface area (Å²) in [4.78, 5) is 10.7. The largest absolute Gasteiger partial charge is 0.497 e. The van der Waals surface area contributed by atoms with E-state index >= 15 is 0 Å². The lowest BCUT2D eigenvalue weighted by atomic mass is 10.2. The molecule has 0 atom stereocenters. The highest BCUT2D eigenvalue weighted by Gasteiger charge is 2.08. The van der Waals surface area contributed by atoms with E-state index in [1.807, 2.05) is 12.1 Å². The molecule has 1 heterocycles. The molecule has 0 radical (unpaired) electrons. The van der Waals surface area contributed by atoms with Crippen LogP contribution >= 0.6 is 0 Å². The van der Waals surface area contributed by atoms with Gasteiger partial charge in [0.2, 0.25) is 0 Å². The van der Waals surface area contributed by atoms with E-state index in [0.29, 0.717) is 23.8 Å². The third kappa shape index (κ3) is 3.23.